The van der Waals surface area contributed by atoms with Crippen LogP contribution < -0.4 is 5.32 Å². The van der Waals surface area contributed by atoms with Gasteiger partial charge in [0.15, 0.2) is 0 Å². The molecule has 5 heteroatoms. The second-order valence-corrected chi connectivity index (χ2v) is 5.39. The molecule has 2 fully saturated rings. The molecule has 1 heterocycles. The van der Waals surface area contributed by atoms with Gasteiger partial charge in [-0.05, 0) is 37.6 Å². The summed E-state index contributed by atoms with van der Waals surface area (Å²) in [6, 6.07) is -0.150. The highest BCUT2D eigenvalue weighted by Gasteiger charge is 2.43. The van der Waals surface area contributed by atoms with Crippen molar-refractivity contribution in [2.75, 3.05) is 19.6 Å². The number of hydrogen-bond acceptors (Lipinski definition) is 3. The molecule has 5 nitrogen and oxygen atoms in total. The molecule has 0 radical (unpaired) electrons. The standard InChI is InChI=1S/C13H22N2O3/c1-2-6-15(8-11(16)17)13(18)12-10-5-3-4-9(10)7-14-12/h9-10,12,14H,2-8H2,1H3,(H,16,17). The number of carboxylic acids is 1. The fourth-order valence-electron chi connectivity index (χ4n) is 3.36. The van der Waals surface area contributed by atoms with Crippen LogP contribution in [-0.4, -0.2) is 47.6 Å². The highest BCUT2D eigenvalue weighted by molar-refractivity contribution is 5.86. The molecular formula is C13H22N2O3. The van der Waals surface area contributed by atoms with E-state index in [1.165, 1.54) is 17.7 Å². The molecular weight excluding hydrogens is 232 g/mol. The van der Waals surface area contributed by atoms with E-state index >= 15 is 0 Å². The number of fused-ring (bicyclic) bond motifs is 1. The van der Waals surface area contributed by atoms with Gasteiger partial charge in [0.1, 0.15) is 6.54 Å². The average molecular weight is 254 g/mol. The van der Waals surface area contributed by atoms with Crippen LogP contribution in [0, 0.1) is 11.8 Å². The van der Waals surface area contributed by atoms with Gasteiger partial charge < -0.3 is 15.3 Å². The normalized spacial score (nSPS) is 30.2. The Balaban J connectivity index is 2.01. The Morgan fingerprint density at radius 3 is 2.83 bits per heavy atom. The molecule has 0 aromatic heterocycles. The van der Waals surface area contributed by atoms with Crippen molar-refractivity contribution in [1.82, 2.24) is 10.2 Å². The third-order valence-corrected chi connectivity index (χ3v) is 4.14. The Bertz CT molecular complexity index is 332. The minimum absolute atomic E-state index is 0.0198. The summed E-state index contributed by atoms with van der Waals surface area (Å²) in [6.07, 6.45) is 4.29. The van der Waals surface area contributed by atoms with E-state index in [-0.39, 0.29) is 18.5 Å². The summed E-state index contributed by atoms with van der Waals surface area (Å²) >= 11 is 0. The molecule has 0 bridgehead atoms. The molecule has 0 aromatic carbocycles. The number of nitrogens with zero attached hydrogens (tertiary/aromatic N) is 1. The zero-order valence-electron chi connectivity index (χ0n) is 10.9. The van der Waals surface area contributed by atoms with E-state index in [4.69, 9.17) is 5.11 Å². The lowest BCUT2D eigenvalue weighted by Gasteiger charge is -2.26. The molecule has 1 aliphatic heterocycles. The third kappa shape index (κ3) is 2.66. The Labute approximate surface area is 108 Å². The van der Waals surface area contributed by atoms with Crippen molar-refractivity contribution >= 4 is 11.9 Å². The van der Waals surface area contributed by atoms with Gasteiger partial charge in [-0.25, -0.2) is 0 Å². The van der Waals surface area contributed by atoms with Crippen LogP contribution in [0.5, 0.6) is 0 Å². The number of carbonyl (C=O) groups is 2. The smallest absolute Gasteiger partial charge is 0.323 e. The van der Waals surface area contributed by atoms with Crippen LogP contribution in [0.25, 0.3) is 0 Å². The lowest BCUT2D eigenvalue weighted by molar-refractivity contribution is -0.145. The molecule has 1 saturated heterocycles. The summed E-state index contributed by atoms with van der Waals surface area (Å²) in [5.41, 5.74) is 0. The minimum atomic E-state index is -0.933. The maximum absolute atomic E-state index is 12.4. The topological polar surface area (TPSA) is 69.6 Å². The number of carboxylic acid groups (broad SMARTS) is 1. The molecule has 1 amide bonds. The van der Waals surface area contributed by atoms with E-state index in [9.17, 15) is 9.59 Å². The van der Waals surface area contributed by atoms with E-state index in [1.54, 1.807) is 0 Å². The summed E-state index contributed by atoms with van der Waals surface area (Å²) < 4.78 is 0. The zero-order valence-corrected chi connectivity index (χ0v) is 10.9. The van der Waals surface area contributed by atoms with Crippen LogP contribution in [0.1, 0.15) is 32.6 Å². The van der Waals surface area contributed by atoms with Gasteiger partial charge in [-0.1, -0.05) is 13.3 Å². The van der Waals surface area contributed by atoms with Crippen molar-refractivity contribution in [3.05, 3.63) is 0 Å². The fourth-order valence-corrected chi connectivity index (χ4v) is 3.36. The van der Waals surface area contributed by atoms with E-state index in [0.29, 0.717) is 18.4 Å². The van der Waals surface area contributed by atoms with Crippen molar-refractivity contribution < 1.29 is 14.7 Å². The Hall–Kier alpha value is -1.10. The van der Waals surface area contributed by atoms with Crippen LogP contribution in [0.15, 0.2) is 0 Å². The second-order valence-electron chi connectivity index (χ2n) is 5.39. The van der Waals surface area contributed by atoms with Crippen LogP contribution in [0.2, 0.25) is 0 Å². The summed E-state index contributed by atoms with van der Waals surface area (Å²) in [4.78, 5) is 24.7. The first-order valence-electron chi connectivity index (χ1n) is 6.87. The van der Waals surface area contributed by atoms with Crippen molar-refractivity contribution in [1.29, 1.82) is 0 Å². The van der Waals surface area contributed by atoms with E-state index in [1.807, 2.05) is 6.92 Å². The molecule has 2 aliphatic rings. The minimum Gasteiger partial charge on any atom is -0.480 e. The Morgan fingerprint density at radius 2 is 2.17 bits per heavy atom. The van der Waals surface area contributed by atoms with Gasteiger partial charge >= 0.3 is 5.97 Å². The number of aliphatic carboxylic acids is 1. The largest absolute Gasteiger partial charge is 0.480 e. The van der Waals surface area contributed by atoms with Gasteiger partial charge in [-0.15, -0.1) is 0 Å². The highest BCUT2D eigenvalue weighted by Crippen LogP contribution is 2.38. The Kier molecular flexibility index (Phi) is 4.22. The van der Waals surface area contributed by atoms with Crippen LogP contribution >= 0.6 is 0 Å². The molecule has 2 rings (SSSR count). The quantitative estimate of drug-likeness (QED) is 0.757. The van der Waals surface area contributed by atoms with Crippen molar-refractivity contribution in [3.63, 3.8) is 0 Å². The average Bonchev–Trinajstić information content (AvgIpc) is 2.88. The number of hydrogen-bond donors (Lipinski definition) is 2. The third-order valence-electron chi connectivity index (χ3n) is 4.14. The Morgan fingerprint density at radius 1 is 1.39 bits per heavy atom. The van der Waals surface area contributed by atoms with Gasteiger partial charge in [-0.2, -0.15) is 0 Å². The highest BCUT2D eigenvalue weighted by atomic mass is 16.4. The predicted octanol–water partition coefficient (Wildman–Crippen LogP) is 0.698. The maximum Gasteiger partial charge on any atom is 0.323 e. The lowest BCUT2D eigenvalue weighted by atomic mass is 9.93. The molecule has 1 saturated carbocycles. The van der Waals surface area contributed by atoms with E-state index in [2.05, 4.69) is 5.32 Å². The zero-order chi connectivity index (χ0) is 13.1. The fraction of sp³-hybridized carbons (Fsp3) is 0.846. The molecule has 3 atom stereocenters. The van der Waals surface area contributed by atoms with Crippen LogP contribution in [0.3, 0.4) is 0 Å². The molecule has 3 unspecified atom stereocenters. The maximum atomic E-state index is 12.4. The molecule has 0 spiro atoms. The first kappa shape index (κ1) is 13.3. The predicted molar refractivity (Wildman–Crippen MR) is 67.1 cm³/mol. The monoisotopic (exact) mass is 254 g/mol. The number of carbonyl (C=O) groups excluding carboxylic acids is 1. The van der Waals surface area contributed by atoms with E-state index in [0.717, 1.165) is 19.4 Å². The van der Waals surface area contributed by atoms with Gasteiger partial charge in [0.05, 0.1) is 6.04 Å². The molecule has 2 N–H and O–H groups in total. The van der Waals surface area contributed by atoms with Crippen molar-refractivity contribution in [2.45, 2.75) is 38.6 Å². The van der Waals surface area contributed by atoms with Gasteiger partial charge in [0.25, 0.3) is 0 Å². The van der Waals surface area contributed by atoms with Crippen molar-refractivity contribution in [2.24, 2.45) is 11.8 Å². The summed E-state index contributed by atoms with van der Waals surface area (Å²) in [5.74, 6) is 0.0873. The molecule has 0 aromatic rings. The number of rotatable bonds is 5. The van der Waals surface area contributed by atoms with Gasteiger partial charge in [-0.3, -0.25) is 9.59 Å². The summed E-state index contributed by atoms with van der Waals surface area (Å²) in [7, 11) is 0. The molecule has 18 heavy (non-hydrogen) atoms. The van der Waals surface area contributed by atoms with Crippen molar-refractivity contribution in [3.8, 4) is 0 Å². The first-order chi connectivity index (χ1) is 8.63. The van der Waals surface area contributed by atoms with Gasteiger partial charge in [0.2, 0.25) is 5.91 Å². The summed E-state index contributed by atoms with van der Waals surface area (Å²) in [5, 5.41) is 12.2. The first-order valence-corrected chi connectivity index (χ1v) is 6.87. The van der Waals surface area contributed by atoms with Crippen LogP contribution in [0.4, 0.5) is 0 Å². The lowest BCUT2D eigenvalue weighted by Crippen LogP contribution is -2.48. The molecule has 102 valence electrons. The number of amides is 1. The summed E-state index contributed by atoms with van der Waals surface area (Å²) in [6.45, 7) is 3.22. The SMILES string of the molecule is CCCN(CC(=O)O)C(=O)C1NCC2CCCC21. The second kappa shape index (κ2) is 5.69. The molecule has 1 aliphatic carbocycles. The van der Waals surface area contributed by atoms with Crippen LogP contribution in [-0.2, 0) is 9.59 Å². The van der Waals surface area contributed by atoms with Gasteiger partial charge in [0, 0.05) is 6.54 Å². The number of nitrogens with one attached hydrogen (secondary N) is 1. The van der Waals surface area contributed by atoms with E-state index < -0.39 is 5.97 Å².